The molecule has 0 radical (unpaired) electrons. The summed E-state index contributed by atoms with van der Waals surface area (Å²) >= 11 is 0. The number of likely N-dealkylation sites (tertiary alicyclic amines) is 1. The Morgan fingerprint density at radius 3 is 2.47 bits per heavy atom. The molecular formula is C24H37N5O. The third-order valence-corrected chi connectivity index (χ3v) is 6.75. The maximum atomic E-state index is 13.1. The van der Waals surface area contributed by atoms with Crippen LogP contribution in [-0.4, -0.2) is 52.1 Å². The molecule has 0 aromatic carbocycles. The van der Waals surface area contributed by atoms with E-state index in [9.17, 15) is 4.79 Å². The molecule has 2 fully saturated rings. The number of carbonyl (C=O) groups excluding carboxylic acids is 1. The Morgan fingerprint density at radius 1 is 1.07 bits per heavy atom. The van der Waals surface area contributed by atoms with E-state index in [-0.39, 0.29) is 5.91 Å². The number of hydrogen-bond acceptors (Lipinski definition) is 4. The van der Waals surface area contributed by atoms with Gasteiger partial charge in [0.1, 0.15) is 5.82 Å². The van der Waals surface area contributed by atoms with Crippen LogP contribution in [0.15, 0.2) is 12.1 Å². The Bertz CT molecular complexity index is 847. The molecule has 0 unspecified atom stereocenters. The number of aromatic nitrogens is 3. The van der Waals surface area contributed by atoms with Crippen LogP contribution >= 0.6 is 0 Å². The van der Waals surface area contributed by atoms with Gasteiger partial charge in [0.25, 0.3) is 5.91 Å². The fourth-order valence-corrected chi connectivity index (χ4v) is 5.06. The van der Waals surface area contributed by atoms with Crippen LogP contribution in [0.3, 0.4) is 0 Å². The van der Waals surface area contributed by atoms with Gasteiger partial charge in [0.05, 0.1) is 0 Å². The number of fused-ring (bicyclic) bond motifs is 1. The summed E-state index contributed by atoms with van der Waals surface area (Å²) in [5.74, 6) is 1.84. The number of anilines is 1. The molecule has 2 aliphatic rings. The highest BCUT2D eigenvalue weighted by molar-refractivity contribution is 5.93. The van der Waals surface area contributed by atoms with Crippen LogP contribution < -0.4 is 4.90 Å². The third-order valence-electron chi connectivity index (χ3n) is 6.75. The summed E-state index contributed by atoms with van der Waals surface area (Å²) in [4.78, 5) is 22.3. The Hall–Kier alpha value is -2.11. The Morgan fingerprint density at radius 2 is 1.77 bits per heavy atom. The van der Waals surface area contributed by atoms with Gasteiger partial charge in [0.15, 0.2) is 11.3 Å². The van der Waals surface area contributed by atoms with Gasteiger partial charge in [-0.15, -0.1) is 0 Å². The fourth-order valence-electron chi connectivity index (χ4n) is 5.06. The van der Waals surface area contributed by atoms with Crippen molar-refractivity contribution in [2.75, 3.05) is 31.6 Å². The quantitative estimate of drug-likeness (QED) is 0.690. The van der Waals surface area contributed by atoms with Crippen molar-refractivity contribution in [1.29, 1.82) is 0 Å². The molecule has 6 heteroatoms. The number of carbonyl (C=O) groups is 1. The lowest BCUT2D eigenvalue weighted by molar-refractivity contribution is 0.0755. The number of amides is 1. The van der Waals surface area contributed by atoms with E-state index in [0.717, 1.165) is 68.4 Å². The molecule has 1 aliphatic heterocycles. The van der Waals surface area contributed by atoms with E-state index in [4.69, 9.17) is 10.1 Å². The lowest BCUT2D eigenvalue weighted by Gasteiger charge is -2.23. The average Bonchev–Trinajstić information content (AvgIpc) is 2.99. The van der Waals surface area contributed by atoms with Crippen molar-refractivity contribution in [3.63, 3.8) is 0 Å². The minimum atomic E-state index is 0.0559. The molecule has 1 saturated carbocycles. The lowest BCUT2D eigenvalue weighted by Crippen LogP contribution is -2.32. The number of nitrogens with zero attached hydrogens (tertiary/aromatic N) is 5. The first-order valence-electron chi connectivity index (χ1n) is 12.1. The normalized spacial score (nSPS) is 18.5. The van der Waals surface area contributed by atoms with Crippen molar-refractivity contribution in [2.24, 2.45) is 5.92 Å². The number of rotatable bonds is 6. The average molecular weight is 412 g/mol. The largest absolute Gasteiger partial charge is 0.360 e. The molecular weight excluding hydrogens is 374 g/mol. The van der Waals surface area contributed by atoms with Gasteiger partial charge in [-0.1, -0.05) is 51.9 Å². The van der Waals surface area contributed by atoms with Crippen LogP contribution in [-0.2, 0) is 6.42 Å². The predicted octanol–water partition coefficient (Wildman–Crippen LogP) is 4.71. The second-order valence-electron chi connectivity index (χ2n) is 9.24. The smallest absolute Gasteiger partial charge is 0.274 e. The van der Waals surface area contributed by atoms with E-state index in [0.29, 0.717) is 5.69 Å². The van der Waals surface area contributed by atoms with E-state index >= 15 is 0 Å². The van der Waals surface area contributed by atoms with Crippen molar-refractivity contribution in [3.8, 4) is 0 Å². The highest BCUT2D eigenvalue weighted by atomic mass is 16.2. The zero-order valence-corrected chi connectivity index (χ0v) is 18.8. The molecule has 0 atom stereocenters. The lowest BCUT2D eigenvalue weighted by atomic mass is 9.86. The Balaban J connectivity index is 1.65. The van der Waals surface area contributed by atoms with E-state index < -0.39 is 0 Å². The molecule has 0 spiro atoms. The molecule has 2 aromatic rings. The Kier molecular flexibility index (Phi) is 6.90. The fraction of sp³-hybridized carbons (Fsp3) is 0.708. The molecule has 3 heterocycles. The van der Waals surface area contributed by atoms with Crippen molar-refractivity contribution in [1.82, 2.24) is 19.5 Å². The predicted molar refractivity (Wildman–Crippen MR) is 121 cm³/mol. The van der Waals surface area contributed by atoms with Crippen molar-refractivity contribution in [3.05, 3.63) is 23.5 Å². The van der Waals surface area contributed by atoms with E-state index in [1.165, 1.54) is 44.9 Å². The van der Waals surface area contributed by atoms with E-state index in [1.54, 1.807) is 0 Å². The van der Waals surface area contributed by atoms with Crippen LogP contribution in [0.5, 0.6) is 0 Å². The minimum absolute atomic E-state index is 0.0559. The minimum Gasteiger partial charge on any atom is -0.360 e. The Labute approximate surface area is 180 Å². The highest BCUT2D eigenvalue weighted by Gasteiger charge is 2.23. The monoisotopic (exact) mass is 411 g/mol. The van der Waals surface area contributed by atoms with Gasteiger partial charge in [-0.05, 0) is 31.6 Å². The molecule has 4 rings (SSSR count). The van der Waals surface area contributed by atoms with Gasteiger partial charge in [0.2, 0.25) is 0 Å². The molecule has 0 bridgehead atoms. The van der Waals surface area contributed by atoms with Crippen LogP contribution in [0, 0.1) is 5.92 Å². The van der Waals surface area contributed by atoms with Crippen LogP contribution in [0.2, 0.25) is 0 Å². The summed E-state index contributed by atoms with van der Waals surface area (Å²) in [7, 11) is 2.11. The zero-order chi connectivity index (χ0) is 20.9. The second kappa shape index (κ2) is 9.80. The van der Waals surface area contributed by atoms with E-state index in [1.807, 2.05) is 15.5 Å². The zero-order valence-electron chi connectivity index (χ0n) is 18.8. The van der Waals surface area contributed by atoms with Gasteiger partial charge in [0, 0.05) is 44.5 Å². The molecule has 1 amide bonds. The molecule has 1 aliphatic carbocycles. The highest BCUT2D eigenvalue weighted by Crippen LogP contribution is 2.28. The van der Waals surface area contributed by atoms with Crippen LogP contribution in [0.4, 0.5) is 5.82 Å². The SMILES string of the molecule is CCCN(C)c1cc(CC2CCCCC2)nc2cc(C(=O)N3CCCCCC3)nn12. The summed E-state index contributed by atoms with van der Waals surface area (Å²) < 4.78 is 1.88. The van der Waals surface area contributed by atoms with Crippen molar-refractivity contribution < 1.29 is 4.79 Å². The van der Waals surface area contributed by atoms with E-state index in [2.05, 4.69) is 24.9 Å². The van der Waals surface area contributed by atoms with Gasteiger partial charge < -0.3 is 9.80 Å². The first kappa shape index (κ1) is 21.1. The maximum Gasteiger partial charge on any atom is 0.274 e. The van der Waals surface area contributed by atoms with Crippen LogP contribution in [0.1, 0.15) is 87.3 Å². The molecule has 30 heavy (non-hydrogen) atoms. The van der Waals surface area contributed by atoms with Crippen molar-refractivity contribution in [2.45, 2.75) is 77.6 Å². The summed E-state index contributed by atoms with van der Waals surface area (Å²) in [5, 5.41) is 4.73. The molecule has 164 valence electrons. The third kappa shape index (κ3) is 4.79. The summed E-state index contributed by atoms with van der Waals surface area (Å²) in [5.41, 5.74) is 2.48. The number of hydrogen-bond donors (Lipinski definition) is 0. The molecule has 6 nitrogen and oxygen atoms in total. The van der Waals surface area contributed by atoms with Gasteiger partial charge >= 0.3 is 0 Å². The van der Waals surface area contributed by atoms with Gasteiger partial charge in [-0.2, -0.15) is 9.61 Å². The van der Waals surface area contributed by atoms with Crippen molar-refractivity contribution >= 4 is 17.4 Å². The van der Waals surface area contributed by atoms with Crippen LogP contribution in [0.25, 0.3) is 5.65 Å². The summed E-state index contributed by atoms with van der Waals surface area (Å²) in [6, 6.07) is 4.10. The molecule has 1 saturated heterocycles. The molecule has 2 aromatic heterocycles. The topological polar surface area (TPSA) is 53.7 Å². The van der Waals surface area contributed by atoms with Gasteiger partial charge in [-0.3, -0.25) is 4.79 Å². The summed E-state index contributed by atoms with van der Waals surface area (Å²) in [6.07, 6.45) is 13.4. The maximum absolute atomic E-state index is 13.1. The van der Waals surface area contributed by atoms with Gasteiger partial charge in [-0.25, -0.2) is 4.98 Å². The first-order valence-corrected chi connectivity index (χ1v) is 12.1. The first-order chi connectivity index (χ1) is 14.7. The molecule has 0 N–H and O–H groups in total. The second-order valence-corrected chi connectivity index (χ2v) is 9.24. The standard InChI is InChI=1S/C24H37N5O/c1-3-13-27(2)23-17-20(16-19-11-7-6-8-12-19)25-22-18-21(26-29(22)23)24(30)28-14-9-4-5-10-15-28/h17-19H,3-16H2,1-2H3. The summed E-state index contributed by atoms with van der Waals surface area (Å²) in [6.45, 7) is 4.83.